The van der Waals surface area contributed by atoms with Crippen molar-refractivity contribution in [1.29, 1.82) is 0 Å². The average molecular weight is 563 g/mol. The molecule has 0 atom stereocenters. The Morgan fingerprint density at radius 2 is 1.62 bits per heavy atom. The van der Waals surface area contributed by atoms with E-state index in [2.05, 4.69) is 10.6 Å². The van der Waals surface area contributed by atoms with Gasteiger partial charge in [0, 0.05) is 25.3 Å². The number of carbonyl (C=O) groups is 3. The van der Waals surface area contributed by atoms with Crippen LogP contribution >= 0.6 is 0 Å². The Balaban J connectivity index is 1.73. The van der Waals surface area contributed by atoms with Crippen LogP contribution in [0.2, 0.25) is 0 Å². The van der Waals surface area contributed by atoms with E-state index in [1.165, 1.54) is 4.90 Å². The van der Waals surface area contributed by atoms with Gasteiger partial charge < -0.3 is 20.3 Å². The van der Waals surface area contributed by atoms with Crippen molar-refractivity contribution in [3.63, 3.8) is 0 Å². The maximum absolute atomic E-state index is 13.2. The van der Waals surface area contributed by atoms with Gasteiger partial charge in [-0.2, -0.15) is 0 Å². The molecule has 40 heavy (non-hydrogen) atoms. The number of amides is 2. The lowest BCUT2D eigenvalue weighted by atomic mass is 9.99. The molecule has 10 nitrogen and oxygen atoms in total. The predicted molar refractivity (Wildman–Crippen MR) is 155 cm³/mol. The van der Waals surface area contributed by atoms with Gasteiger partial charge in [0.2, 0.25) is 15.9 Å². The minimum atomic E-state index is -3.72. The predicted octanol–water partition coefficient (Wildman–Crippen LogP) is 3.65. The van der Waals surface area contributed by atoms with Gasteiger partial charge in [0.05, 0.1) is 41.1 Å². The number of hydrogen-bond donors (Lipinski definition) is 2. The number of hydrogen-bond acceptors (Lipinski definition) is 7. The molecule has 4 rings (SSSR count). The van der Waals surface area contributed by atoms with E-state index in [-0.39, 0.29) is 25.0 Å². The molecule has 0 aromatic heterocycles. The first kappa shape index (κ1) is 28.4. The molecule has 1 aliphatic heterocycles. The van der Waals surface area contributed by atoms with Crippen molar-refractivity contribution < 1.29 is 27.5 Å². The molecule has 0 aliphatic carbocycles. The van der Waals surface area contributed by atoms with Crippen LogP contribution < -0.4 is 14.9 Å². The number of ether oxygens (including phenoxy) is 1. The minimum Gasteiger partial charge on any atom is -0.462 e. The van der Waals surface area contributed by atoms with E-state index < -0.39 is 16.0 Å². The lowest BCUT2D eigenvalue weighted by Gasteiger charge is -2.24. The Hall–Kier alpha value is -4.64. The van der Waals surface area contributed by atoms with Gasteiger partial charge in [0.1, 0.15) is 6.54 Å². The van der Waals surface area contributed by atoms with Gasteiger partial charge in [-0.25, -0.2) is 13.2 Å². The van der Waals surface area contributed by atoms with Crippen LogP contribution in [0.25, 0.3) is 11.3 Å². The van der Waals surface area contributed by atoms with Gasteiger partial charge in [-0.15, -0.1) is 0 Å². The first-order valence-electron chi connectivity index (χ1n) is 12.5. The summed E-state index contributed by atoms with van der Waals surface area (Å²) < 4.78 is 31.0. The molecule has 0 spiro atoms. The third-order valence-electron chi connectivity index (χ3n) is 6.19. The van der Waals surface area contributed by atoms with E-state index in [9.17, 15) is 22.8 Å². The molecule has 0 saturated heterocycles. The number of carbonyl (C=O) groups excluding carboxylic acids is 3. The van der Waals surface area contributed by atoms with Crippen LogP contribution in [0.4, 0.5) is 17.1 Å². The summed E-state index contributed by atoms with van der Waals surface area (Å²) in [6.07, 6.45) is 1.05. The van der Waals surface area contributed by atoms with Gasteiger partial charge in [-0.3, -0.25) is 13.9 Å². The Morgan fingerprint density at radius 3 is 2.23 bits per heavy atom. The fourth-order valence-electron chi connectivity index (χ4n) is 4.17. The van der Waals surface area contributed by atoms with E-state index in [0.29, 0.717) is 39.5 Å². The number of nitrogens with one attached hydrogen (secondary N) is 2. The second-order valence-electron chi connectivity index (χ2n) is 9.28. The van der Waals surface area contributed by atoms with Gasteiger partial charge >= 0.3 is 5.97 Å². The van der Waals surface area contributed by atoms with Crippen molar-refractivity contribution in [2.24, 2.45) is 0 Å². The maximum Gasteiger partial charge on any atom is 0.338 e. The van der Waals surface area contributed by atoms with E-state index >= 15 is 0 Å². The second-order valence-corrected chi connectivity index (χ2v) is 11.2. The van der Waals surface area contributed by atoms with Gasteiger partial charge in [-0.1, -0.05) is 36.4 Å². The van der Waals surface area contributed by atoms with Crippen LogP contribution in [0.3, 0.4) is 0 Å². The third kappa shape index (κ3) is 6.15. The lowest BCUT2D eigenvalue weighted by molar-refractivity contribution is -0.127. The zero-order valence-electron chi connectivity index (χ0n) is 22.6. The average Bonchev–Trinajstić information content (AvgIpc) is 3.25. The highest BCUT2D eigenvalue weighted by Crippen LogP contribution is 2.38. The Morgan fingerprint density at radius 1 is 0.950 bits per heavy atom. The molecule has 1 heterocycles. The van der Waals surface area contributed by atoms with Crippen molar-refractivity contribution in [1.82, 2.24) is 4.90 Å². The number of benzene rings is 3. The summed E-state index contributed by atoms with van der Waals surface area (Å²) in [4.78, 5) is 39.0. The molecule has 11 heteroatoms. The Kier molecular flexibility index (Phi) is 8.24. The van der Waals surface area contributed by atoms with Crippen molar-refractivity contribution in [2.45, 2.75) is 6.92 Å². The fraction of sp³-hybridized carbons (Fsp3) is 0.207. The molecule has 2 N–H and O–H groups in total. The van der Waals surface area contributed by atoms with E-state index in [4.69, 9.17) is 4.74 Å². The second kappa shape index (κ2) is 11.6. The van der Waals surface area contributed by atoms with Gasteiger partial charge in [0.25, 0.3) is 5.91 Å². The van der Waals surface area contributed by atoms with Crippen molar-refractivity contribution in [3.05, 3.63) is 89.5 Å². The van der Waals surface area contributed by atoms with Crippen LogP contribution in [0.15, 0.2) is 72.8 Å². The number of likely N-dealkylation sites (N-methyl/N-ethyl adjacent to an activating group) is 1. The quantitative estimate of drug-likeness (QED) is 0.301. The number of nitrogens with zero attached hydrogens (tertiary/aromatic N) is 2. The maximum atomic E-state index is 13.2. The largest absolute Gasteiger partial charge is 0.462 e. The first-order chi connectivity index (χ1) is 19.0. The summed E-state index contributed by atoms with van der Waals surface area (Å²) in [5.41, 5.74) is 4.01. The molecule has 0 unspecified atom stereocenters. The highest BCUT2D eigenvalue weighted by atomic mass is 32.2. The lowest BCUT2D eigenvalue weighted by Crippen LogP contribution is -2.39. The van der Waals surface area contributed by atoms with Crippen LogP contribution in [-0.4, -0.2) is 64.6 Å². The van der Waals surface area contributed by atoms with Crippen molar-refractivity contribution in [3.8, 4) is 0 Å². The molecular weight excluding hydrogens is 532 g/mol. The summed E-state index contributed by atoms with van der Waals surface area (Å²) in [6, 6.07) is 20.7. The normalized spacial score (nSPS) is 13.7. The first-order valence-corrected chi connectivity index (χ1v) is 14.3. The molecule has 2 amide bonds. The smallest absolute Gasteiger partial charge is 0.338 e. The van der Waals surface area contributed by atoms with Gasteiger partial charge in [-0.05, 0) is 48.9 Å². The molecule has 3 aromatic rings. The summed E-state index contributed by atoms with van der Waals surface area (Å²) in [6.45, 7) is 1.63. The summed E-state index contributed by atoms with van der Waals surface area (Å²) in [5.74, 6) is -1.18. The van der Waals surface area contributed by atoms with E-state index in [1.54, 1.807) is 63.5 Å². The SMILES string of the molecule is CCOC(=O)c1ccc2c(c1)NC(=O)C2=C(Nc1ccc(N(CC(=O)N(C)C)S(C)(=O)=O)cc1)c1ccccc1. The number of sulfonamides is 1. The molecule has 0 bridgehead atoms. The topological polar surface area (TPSA) is 125 Å². The molecule has 0 saturated carbocycles. The minimum absolute atomic E-state index is 0.238. The number of rotatable bonds is 9. The molecule has 3 aromatic carbocycles. The molecule has 0 radical (unpaired) electrons. The molecule has 208 valence electrons. The summed E-state index contributed by atoms with van der Waals surface area (Å²) in [7, 11) is -0.605. The zero-order valence-corrected chi connectivity index (χ0v) is 23.4. The highest BCUT2D eigenvalue weighted by Gasteiger charge is 2.29. The Labute approximate surface area is 233 Å². The summed E-state index contributed by atoms with van der Waals surface area (Å²) >= 11 is 0. The molecule has 0 fully saturated rings. The number of fused-ring (bicyclic) bond motifs is 1. The highest BCUT2D eigenvalue weighted by molar-refractivity contribution is 7.92. The number of esters is 1. The monoisotopic (exact) mass is 562 g/mol. The fourth-order valence-corrected chi connectivity index (χ4v) is 5.02. The van der Waals surface area contributed by atoms with Crippen LogP contribution in [-0.2, 0) is 24.3 Å². The van der Waals surface area contributed by atoms with E-state index in [1.807, 2.05) is 30.3 Å². The Bertz CT molecular complexity index is 1580. The van der Waals surface area contributed by atoms with Crippen molar-refractivity contribution in [2.75, 3.05) is 48.4 Å². The van der Waals surface area contributed by atoms with Crippen molar-refractivity contribution >= 4 is 56.1 Å². The number of anilines is 3. The molecular formula is C29H30N4O6S. The van der Waals surface area contributed by atoms with Gasteiger partial charge in [0.15, 0.2) is 0 Å². The van der Waals surface area contributed by atoms with E-state index in [0.717, 1.165) is 16.1 Å². The zero-order chi connectivity index (χ0) is 29.0. The van der Waals surface area contributed by atoms with Crippen LogP contribution in [0.5, 0.6) is 0 Å². The van der Waals surface area contributed by atoms with Crippen LogP contribution in [0, 0.1) is 0 Å². The standard InChI is InChI=1S/C29H30N4O6S/c1-5-39-29(36)20-11-16-23-24(17-20)31-28(35)26(23)27(19-9-7-6-8-10-19)30-21-12-14-22(15-13-21)33(40(4,37)38)18-25(34)32(2)3/h6-17,30H,5,18H2,1-4H3,(H,31,35). The third-order valence-corrected chi connectivity index (χ3v) is 7.33. The van der Waals surface area contributed by atoms with Crippen LogP contribution in [0.1, 0.15) is 28.4 Å². The summed E-state index contributed by atoms with van der Waals surface area (Å²) in [5, 5.41) is 6.15. The molecule has 1 aliphatic rings.